The summed E-state index contributed by atoms with van der Waals surface area (Å²) in [6.45, 7) is 0. The van der Waals surface area contributed by atoms with Crippen molar-refractivity contribution in [3.8, 4) is 11.8 Å². The van der Waals surface area contributed by atoms with Crippen LogP contribution in [0.25, 0.3) is 5.69 Å². The molecule has 0 fully saturated rings. The number of tetrazole rings is 1. The number of thioether (sulfide) groups is 1. The molecule has 0 aliphatic rings. The largest absolute Gasteiger partial charge is 0.478 e. The van der Waals surface area contributed by atoms with Gasteiger partial charge in [0.1, 0.15) is 11.5 Å². The van der Waals surface area contributed by atoms with Gasteiger partial charge in [0.05, 0.1) is 22.9 Å². The fourth-order valence-electron chi connectivity index (χ4n) is 2.18. The molecule has 8 nitrogen and oxygen atoms in total. The molecule has 1 heterocycles. The second-order valence-corrected chi connectivity index (χ2v) is 6.19. The summed E-state index contributed by atoms with van der Waals surface area (Å²) in [7, 11) is 0. The van der Waals surface area contributed by atoms with E-state index in [9.17, 15) is 14.0 Å². The highest BCUT2D eigenvalue weighted by atomic mass is 32.2. The van der Waals surface area contributed by atoms with Crippen LogP contribution in [0.2, 0.25) is 0 Å². The van der Waals surface area contributed by atoms with Gasteiger partial charge in [0.25, 0.3) is 0 Å². The summed E-state index contributed by atoms with van der Waals surface area (Å²) in [5, 5.41) is 28.8. The minimum absolute atomic E-state index is 0.00109. The van der Waals surface area contributed by atoms with Crippen molar-refractivity contribution in [2.75, 3.05) is 5.75 Å². The van der Waals surface area contributed by atoms with E-state index >= 15 is 0 Å². The fourth-order valence-corrected chi connectivity index (χ4v) is 2.95. The summed E-state index contributed by atoms with van der Waals surface area (Å²) in [6.07, 6.45) is 0. The second kappa shape index (κ2) is 7.76. The lowest BCUT2D eigenvalue weighted by Gasteiger charge is -2.06. The maximum atomic E-state index is 14.2. The molecule has 3 rings (SSSR count). The zero-order chi connectivity index (χ0) is 19.4. The van der Waals surface area contributed by atoms with Gasteiger partial charge < -0.3 is 5.11 Å². The van der Waals surface area contributed by atoms with Crippen LogP contribution < -0.4 is 0 Å². The number of halogens is 1. The molecule has 3 aromatic rings. The molecule has 0 unspecified atom stereocenters. The Morgan fingerprint density at radius 1 is 1.19 bits per heavy atom. The van der Waals surface area contributed by atoms with Gasteiger partial charge in [-0.05, 0) is 40.8 Å². The molecule has 1 aromatic heterocycles. The predicted molar refractivity (Wildman–Crippen MR) is 92.3 cm³/mol. The average Bonchev–Trinajstić information content (AvgIpc) is 3.14. The molecule has 0 saturated heterocycles. The number of carbonyl (C=O) groups is 2. The third-order valence-corrected chi connectivity index (χ3v) is 4.45. The zero-order valence-corrected chi connectivity index (χ0v) is 14.4. The van der Waals surface area contributed by atoms with Crippen LogP contribution >= 0.6 is 11.8 Å². The van der Waals surface area contributed by atoms with Crippen LogP contribution in [0, 0.1) is 17.1 Å². The van der Waals surface area contributed by atoms with E-state index in [1.54, 1.807) is 24.3 Å². The Morgan fingerprint density at radius 2 is 1.89 bits per heavy atom. The maximum absolute atomic E-state index is 14.2. The Morgan fingerprint density at radius 3 is 2.52 bits per heavy atom. The van der Waals surface area contributed by atoms with E-state index in [1.807, 2.05) is 6.07 Å². The molecule has 27 heavy (non-hydrogen) atoms. The first kappa shape index (κ1) is 18.2. The SMILES string of the molecule is N#Cc1ccc(C(=O)CSc2nnnn2-c2ccc(C(=O)O)cc2F)cc1. The maximum Gasteiger partial charge on any atom is 0.335 e. The zero-order valence-electron chi connectivity index (χ0n) is 13.5. The first-order valence-electron chi connectivity index (χ1n) is 7.47. The second-order valence-electron chi connectivity index (χ2n) is 5.25. The Bertz CT molecular complexity index is 1060. The van der Waals surface area contributed by atoms with Crippen LogP contribution in [-0.2, 0) is 0 Å². The summed E-state index contributed by atoms with van der Waals surface area (Å²) in [4.78, 5) is 23.2. The van der Waals surface area contributed by atoms with E-state index < -0.39 is 11.8 Å². The number of nitriles is 1. The molecule has 1 N–H and O–H groups in total. The van der Waals surface area contributed by atoms with Crippen molar-refractivity contribution in [3.05, 3.63) is 65.0 Å². The highest BCUT2D eigenvalue weighted by molar-refractivity contribution is 7.99. The van der Waals surface area contributed by atoms with Crippen molar-refractivity contribution in [3.63, 3.8) is 0 Å². The van der Waals surface area contributed by atoms with Gasteiger partial charge in [-0.1, -0.05) is 23.9 Å². The van der Waals surface area contributed by atoms with E-state index in [-0.39, 0.29) is 27.9 Å². The van der Waals surface area contributed by atoms with Gasteiger partial charge in [-0.15, -0.1) is 5.10 Å². The molecule has 0 radical (unpaired) electrons. The van der Waals surface area contributed by atoms with Crippen molar-refractivity contribution < 1.29 is 19.1 Å². The van der Waals surface area contributed by atoms with Crippen molar-refractivity contribution in [1.29, 1.82) is 5.26 Å². The molecule has 0 aliphatic heterocycles. The monoisotopic (exact) mass is 383 g/mol. The number of rotatable bonds is 6. The quantitative estimate of drug-likeness (QED) is 0.508. The van der Waals surface area contributed by atoms with Crippen molar-refractivity contribution >= 4 is 23.5 Å². The van der Waals surface area contributed by atoms with Crippen LogP contribution in [0.15, 0.2) is 47.6 Å². The Labute approximate surface area is 156 Å². The lowest BCUT2D eigenvalue weighted by atomic mass is 10.1. The summed E-state index contributed by atoms with van der Waals surface area (Å²) in [6, 6.07) is 11.5. The van der Waals surface area contributed by atoms with Crippen molar-refractivity contribution in [1.82, 2.24) is 20.2 Å². The number of aromatic nitrogens is 4. The molecule has 0 spiro atoms. The Balaban J connectivity index is 1.76. The number of ketones is 1. The normalized spacial score (nSPS) is 10.4. The Kier molecular flexibility index (Phi) is 5.23. The van der Waals surface area contributed by atoms with E-state index in [2.05, 4.69) is 15.5 Å². The topological polar surface area (TPSA) is 122 Å². The Hall–Kier alpha value is -3.58. The predicted octanol–water partition coefficient (Wildman–Crippen LogP) is 2.35. The van der Waals surface area contributed by atoms with Crippen LogP contribution in [-0.4, -0.2) is 42.8 Å². The third-order valence-electron chi connectivity index (χ3n) is 3.53. The number of hydrogen-bond donors (Lipinski definition) is 1. The number of carboxylic acids is 1. The minimum atomic E-state index is -1.25. The van der Waals surface area contributed by atoms with E-state index in [4.69, 9.17) is 10.4 Å². The van der Waals surface area contributed by atoms with Crippen LogP contribution in [0.3, 0.4) is 0 Å². The summed E-state index contributed by atoms with van der Waals surface area (Å²) < 4.78 is 15.3. The van der Waals surface area contributed by atoms with Crippen LogP contribution in [0.4, 0.5) is 4.39 Å². The van der Waals surface area contributed by atoms with Gasteiger partial charge in [-0.2, -0.15) is 9.94 Å². The van der Waals surface area contributed by atoms with Gasteiger partial charge >= 0.3 is 5.97 Å². The molecule has 0 atom stereocenters. The van der Waals surface area contributed by atoms with Gasteiger partial charge in [-0.3, -0.25) is 4.79 Å². The first-order valence-corrected chi connectivity index (χ1v) is 8.46. The lowest BCUT2D eigenvalue weighted by Crippen LogP contribution is -2.07. The van der Waals surface area contributed by atoms with Gasteiger partial charge in [-0.25, -0.2) is 9.18 Å². The highest BCUT2D eigenvalue weighted by Crippen LogP contribution is 2.22. The molecular weight excluding hydrogens is 373 g/mol. The van der Waals surface area contributed by atoms with E-state index in [0.717, 1.165) is 22.5 Å². The van der Waals surface area contributed by atoms with Gasteiger partial charge in [0, 0.05) is 5.56 Å². The fraction of sp³-hybridized carbons (Fsp3) is 0.0588. The third kappa shape index (κ3) is 3.99. The molecular formula is C17H10FN5O3S. The van der Waals surface area contributed by atoms with E-state index in [0.29, 0.717) is 11.1 Å². The number of benzene rings is 2. The molecule has 0 bridgehead atoms. The van der Waals surface area contributed by atoms with Crippen molar-refractivity contribution in [2.24, 2.45) is 0 Å². The number of carboxylic acid groups (broad SMARTS) is 1. The lowest BCUT2D eigenvalue weighted by molar-refractivity contribution is 0.0696. The standard InChI is InChI=1S/C17H10FN5O3S/c18-13-7-12(16(25)26)5-6-14(13)23-17(20-21-22-23)27-9-15(24)11-3-1-10(8-19)2-4-11/h1-7H,9H2,(H,25,26). The van der Waals surface area contributed by atoms with Gasteiger partial charge in [0.15, 0.2) is 5.78 Å². The molecule has 10 heteroatoms. The number of carbonyl (C=O) groups excluding carboxylic acids is 1. The summed E-state index contributed by atoms with van der Waals surface area (Å²) in [5.74, 6) is -2.26. The molecule has 2 aromatic carbocycles. The summed E-state index contributed by atoms with van der Waals surface area (Å²) >= 11 is 1.01. The van der Waals surface area contributed by atoms with Crippen LogP contribution in [0.1, 0.15) is 26.3 Å². The number of hydrogen-bond acceptors (Lipinski definition) is 7. The highest BCUT2D eigenvalue weighted by Gasteiger charge is 2.17. The molecule has 0 saturated carbocycles. The number of Topliss-reactive ketones (excluding diaryl/α,β-unsaturated/α-hetero) is 1. The smallest absolute Gasteiger partial charge is 0.335 e. The minimum Gasteiger partial charge on any atom is -0.478 e. The molecule has 0 amide bonds. The summed E-state index contributed by atoms with van der Waals surface area (Å²) in [5.41, 5.74) is 0.647. The van der Waals surface area contributed by atoms with Gasteiger partial charge in [0.2, 0.25) is 5.16 Å². The molecule has 134 valence electrons. The first-order chi connectivity index (χ1) is 13.0. The average molecular weight is 383 g/mol. The molecule has 0 aliphatic carbocycles. The number of nitrogens with zero attached hydrogens (tertiary/aromatic N) is 5. The number of aromatic carboxylic acids is 1. The van der Waals surface area contributed by atoms with Crippen molar-refractivity contribution in [2.45, 2.75) is 5.16 Å². The van der Waals surface area contributed by atoms with Crippen LogP contribution in [0.5, 0.6) is 0 Å². The van der Waals surface area contributed by atoms with E-state index in [1.165, 1.54) is 12.1 Å².